The maximum Gasteiger partial charge on any atom is 0.411 e. The van der Waals surface area contributed by atoms with Gasteiger partial charge in [0.25, 0.3) is 5.91 Å². The van der Waals surface area contributed by atoms with Crippen LogP contribution in [0, 0.1) is 5.82 Å². The third-order valence-electron chi connectivity index (χ3n) is 6.05. The molecule has 0 fully saturated rings. The van der Waals surface area contributed by atoms with Gasteiger partial charge >= 0.3 is 12.1 Å². The molecule has 0 saturated carbocycles. The first-order chi connectivity index (χ1) is 16.3. The number of carbonyl (C=O) groups excluding carboxylic acids is 2. The minimum Gasteiger partial charge on any atom is -0.480 e. The first kappa shape index (κ1) is 23.0. The topological polar surface area (TPSA) is 95.9 Å². The Morgan fingerprint density at radius 3 is 2.18 bits per heavy atom. The number of likely N-dealkylation sites (N-methyl/N-ethyl adjacent to an activating group) is 1. The average molecular weight is 462 g/mol. The summed E-state index contributed by atoms with van der Waals surface area (Å²) in [7, 11) is 1.28. The van der Waals surface area contributed by atoms with Crippen LogP contribution < -0.4 is 5.32 Å². The van der Waals surface area contributed by atoms with E-state index < -0.39 is 29.8 Å². The fourth-order valence-corrected chi connectivity index (χ4v) is 4.05. The Bertz CT molecular complexity index is 1230. The van der Waals surface area contributed by atoms with Gasteiger partial charge in [-0.2, -0.15) is 0 Å². The van der Waals surface area contributed by atoms with Crippen LogP contribution in [0.1, 0.15) is 34.3 Å². The number of aliphatic carboxylic acids is 1. The smallest absolute Gasteiger partial charge is 0.411 e. The summed E-state index contributed by atoms with van der Waals surface area (Å²) in [5.41, 5.74) is 4.18. The summed E-state index contributed by atoms with van der Waals surface area (Å²) in [5.74, 6) is -2.97. The van der Waals surface area contributed by atoms with Gasteiger partial charge in [-0.05, 0) is 47.4 Å². The molecule has 8 heteroatoms. The summed E-state index contributed by atoms with van der Waals surface area (Å²) in [6.07, 6.45) is -0.753. The summed E-state index contributed by atoms with van der Waals surface area (Å²) in [5, 5.41) is 11.5. The SMILES string of the molecule is C[C@@H](C(=O)O)N(C)C(=O)c1ccc(NC(=O)OCC2c3ccccc3-c3ccccc32)cc1F. The van der Waals surface area contributed by atoms with E-state index in [0.717, 1.165) is 33.2 Å². The summed E-state index contributed by atoms with van der Waals surface area (Å²) >= 11 is 0. The lowest BCUT2D eigenvalue weighted by Gasteiger charge is -2.21. The third-order valence-corrected chi connectivity index (χ3v) is 6.05. The number of hydrogen-bond acceptors (Lipinski definition) is 4. The van der Waals surface area contributed by atoms with Gasteiger partial charge < -0.3 is 14.7 Å². The Morgan fingerprint density at radius 1 is 1.03 bits per heavy atom. The van der Waals surface area contributed by atoms with Crippen LogP contribution in [-0.4, -0.2) is 47.7 Å². The van der Waals surface area contributed by atoms with E-state index in [1.807, 2.05) is 48.5 Å². The molecule has 7 nitrogen and oxygen atoms in total. The molecule has 34 heavy (non-hydrogen) atoms. The molecule has 0 aromatic heterocycles. The van der Waals surface area contributed by atoms with Gasteiger partial charge in [0, 0.05) is 18.7 Å². The molecule has 2 amide bonds. The zero-order chi connectivity index (χ0) is 24.4. The minimum absolute atomic E-state index is 0.108. The number of carbonyl (C=O) groups is 3. The van der Waals surface area contributed by atoms with Crippen molar-refractivity contribution < 1.29 is 28.6 Å². The van der Waals surface area contributed by atoms with Crippen molar-refractivity contribution in [3.8, 4) is 11.1 Å². The number of amides is 2. The first-order valence-electron chi connectivity index (χ1n) is 10.7. The number of hydrogen-bond donors (Lipinski definition) is 2. The fraction of sp³-hybridized carbons (Fsp3) is 0.192. The van der Waals surface area contributed by atoms with E-state index >= 15 is 0 Å². The summed E-state index contributed by atoms with van der Waals surface area (Å²) < 4.78 is 20.0. The van der Waals surface area contributed by atoms with Crippen molar-refractivity contribution in [3.05, 3.63) is 89.2 Å². The summed E-state index contributed by atoms with van der Waals surface area (Å²) in [6, 6.07) is 18.3. The van der Waals surface area contributed by atoms with Crippen molar-refractivity contribution in [2.75, 3.05) is 19.0 Å². The molecule has 4 rings (SSSR count). The molecule has 0 aliphatic heterocycles. The van der Waals surface area contributed by atoms with Gasteiger partial charge in [0.1, 0.15) is 18.5 Å². The second-order valence-corrected chi connectivity index (χ2v) is 8.08. The van der Waals surface area contributed by atoms with Crippen LogP contribution in [0.2, 0.25) is 0 Å². The second kappa shape index (κ2) is 9.35. The van der Waals surface area contributed by atoms with Crippen LogP contribution >= 0.6 is 0 Å². The second-order valence-electron chi connectivity index (χ2n) is 8.08. The molecule has 0 heterocycles. The molecule has 3 aromatic carbocycles. The van der Waals surface area contributed by atoms with Crippen molar-refractivity contribution in [2.45, 2.75) is 18.9 Å². The zero-order valence-corrected chi connectivity index (χ0v) is 18.6. The van der Waals surface area contributed by atoms with E-state index in [0.29, 0.717) is 0 Å². The molecule has 174 valence electrons. The van der Waals surface area contributed by atoms with Crippen LogP contribution in [0.3, 0.4) is 0 Å². The number of carboxylic acids is 1. The standard InChI is InChI=1S/C26H23FN2O5/c1-15(25(31)32)29(2)24(30)21-12-11-16(13-23(21)27)28-26(33)34-14-22-19-9-5-3-7-17(19)18-8-4-6-10-20(18)22/h3-13,15,22H,14H2,1-2H3,(H,28,33)(H,31,32)/t15-/m0/s1. The van der Waals surface area contributed by atoms with E-state index in [9.17, 15) is 18.8 Å². The van der Waals surface area contributed by atoms with Crippen molar-refractivity contribution in [1.82, 2.24) is 4.90 Å². The lowest BCUT2D eigenvalue weighted by molar-refractivity contribution is -0.141. The Labute approximate surface area is 195 Å². The molecule has 0 radical (unpaired) electrons. The Kier molecular flexibility index (Phi) is 6.32. The maximum atomic E-state index is 14.6. The normalized spacial score (nSPS) is 12.9. The van der Waals surface area contributed by atoms with Gasteiger partial charge in [-0.25, -0.2) is 14.0 Å². The van der Waals surface area contributed by atoms with Crippen LogP contribution in [0.25, 0.3) is 11.1 Å². The summed E-state index contributed by atoms with van der Waals surface area (Å²) in [4.78, 5) is 36.8. The highest BCUT2D eigenvalue weighted by Crippen LogP contribution is 2.44. The highest BCUT2D eigenvalue weighted by molar-refractivity contribution is 5.97. The highest BCUT2D eigenvalue weighted by Gasteiger charge is 2.29. The lowest BCUT2D eigenvalue weighted by atomic mass is 9.98. The molecule has 0 spiro atoms. The molecule has 3 aromatic rings. The van der Waals surface area contributed by atoms with Gasteiger partial charge in [-0.3, -0.25) is 10.1 Å². The molecule has 0 unspecified atom stereocenters. The zero-order valence-electron chi connectivity index (χ0n) is 18.6. The lowest BCUT2D eigenvalue weighted by Crippen LogP contribution is -2.40. The molecule has 2 N–H and O–H groups in total. The van der Waals surface area contributed by atoms with Gasteiger partial charge in [0.05, 0.1) is 5.56 Å². The van der Waals surface area contributed by atoms with Crippen LogP contribution in [0.15, 0.2) is 66.7 Å². The minimum atomic E-state index is -1.20. The number of nitrogens with zero attached hydrogens (tertiary/aromatic N) is 1. The first-order valence-corrected chi connectivity index (χ1v) is 10.7. The van der Waals surface area contributed by atoms with Gasteiger partial charge in [0.15, 0.2) is 0 Å². The van der Waals surface area contributed by atoms with Crippen molar-refractivity contribution in [3.63, 3.8) is 0 Å². The highest BCUT2D eigenvalue weighted by atomic mass is 19.1. The average Bonchev–Trinajstić information content (AvgIpc) is 3.15. The molecule has 1 aliphatic carbocycles. The Morgan fingerprint density at radius 2 is 1.62 bits per heavy atom. The number of benzene rings is 3. The van der Waals surface area contributed by atoms with Crippen molar-refractivity contribution in [2.24, 2.45) is 0 Å². The number of anilines is 1. The maximum absolute atomic E-state index is 14.6. The summed E-state index contributed by atoms with van der Waals surface area (Å²) in [6.45, 7) is 1.43. The number of rotatable bonds is 6. The van der Waals surface area contributed by atoms with E-state index in [2.05, 4.69) is 5.32 Å². The number of halogens is 1. The molecule has 1 aliphatic rings. The number of carboxylic acid groups (broad SMARTS) is 1. The predicted molar refractivity (Wildman–Crippen MR) is 124 cm³/mol. The quantitative estimate of drug-likeness (QED) is 0.552. The fourth-order valence-electron chi connectivity index (χ4n) is 4.05. The monoisotopic (exact) mass is 462 g/mol. The van der Waals surface area contributed by atoms with Crippen LogP contribution in [0.4, 0.5) is 14.9 Å². The van der Waals surface area contributed by atoms with Crippen LogP contribution in [0.5, 0.6) is 0 Å². The van der Waals surface area contributed by atoms with Gasteiger partial charge in [-0.1, -0.05) is 48.5 Å². The predicted octanol–water partition coefficient (Wildman–Crippen LogP) is 4.73. The molecular formula is C26H23FN2O5. The molecule has 1 atom stereocenters. The van der Waals surface area contributed by atoms with Crippen molar-refractivity contribution in [1.29, 1.82) is 0 Å². The largest absolute Gasteiger partial charge is 0.480 e. The van der Waals surface area contributed by atoms with E-state index in [-0.39, 0.29) is 23.8 Å². The molecule has 0 bridgehead atoms. The van der Waals surface area contributed by atoms with E-state index in [1.54, 1.807) is 0 Å². The van der Waals surface area contributed by atoms with Crippen molar-refractivity contribution >= 4 is 23.7 Å². The third kappa shape index (κ3) is 4.34. The number of ether oxygens (including phenoxy) is 1. The Balaban J connectivity index is 1.42. The van der Waals surface area contributed by atoms with Gasteiger partial charge in [-0.15, -0.1) is 0 Å². The number of nitrogens with one attached hydrogen (secondary N) is 1. The molecular weight excluding hydrogens is 439 g/mol. The number of fused-ring (bicyclic) bond motifs is 3. The van der Waals surface area contributed by atoms with E-state index in [4.69, 9.17) is 9.84 Å². The van der Waals surface area contributed by atoms with Crippen LogP contribution in [-0.2, 0) is 9.53 Å². The van der Waals surface area contributed by atoms with Gasteiger partial charge in [0.2, 0.25) is 0 Å². The van der Waals surface area contributed by atoms with E-state index in [1.165, 1.54) is 26.1 Å². The molecule has 0 saturated heterocycles. The Hall–Kier alpha value is -4.20.